The average Bonchev–Trinajstić information content (AvgIpc) is 2.40. The Balaban J connectivity index is 1.69. The molecule has 1 aliphatic carbocycles. The lowest BCUT2D eigenvalue weighted by Gasteiger charge is -2.31. The number of carbonyl (C=O) groups is 1. The zero-order chi connectivity index (χ0) is 12.1. The molecule has 0 amide bonds. The van der Waals surface area contributed by atoms with E-state index in [0.717, 1.165) is 45.1 Å². The normalized spacial score (nSPS) is 34.3. The van der Waals surface area contributed by atoms with Gasteiger partial charge in [0.1, 0.15) is 0 Å². The van der Waals surface area contributed by atoms with Gasteiger partial charge in [0, 0.05) is 6.61 Å². The fourth-order valence-corrected chi connectivity index (χ4v) is 2.63. The lowest BCUT2D eigenvalue weighted by atomic mass is 9.87. The van der Waals surface area contributed by atoms with Crippen molar-refractivity contribution in [2.24, 2.45) is 5.92 Å². The third-order valence-electron chi connectivity index (χ3n) is 3.69. The minimum absolute atomic E-state index is 0.0107. The Hall–Kier alpha value is -0.610. The van der Waals surface area contributed by atoms with Crippen LogP contribution >= 0.6 is 0 Å². The Bertz CT molecular complexity index is 240. The summed E-state index contributed by atoms with van der Waals surface area (Å²) in [5.74, 6) is 0.00416. The molecule has 4 nitrogen and oxygen atoms in total. The second-order valence-corrected chi connectivity index (χ2v) is 4.93. The molecule has 0 bridgehead atoms. The van der Waals surface area contributed by atoms with Gasteiger partial charge in [0.2, 0.25) is 0 Å². The molecule has 2 aliphatic rings. The van der Waals surface area contributed by atoms with Crippen LogP contribution in [0.15, 0.2) is 0 Å². The van der Waals surface area contributed by atoms with Gasteiger partial charge in [-0.2, -0.15) is 0 Å². The van der Waals surface area contributed by atoms with E-state index in [0.29, 0.717) is 0 Å². The second kappa shape index (κ2) is 6.36. The Morgan fingerprint density at radius 2 is 1.88 bits per heavy atom. The maximum absolute atomic E-state index is 11.4. The van der Waals surface area contributed by atoms with Crippen molar-refractivity contribution in [2.75, 3.05) is 13.7 Å². The Morgan fingerprint density at radius 3 is 2.47 bits per heavy atom. The minimum Gasteiger partial charge on any atom is -0.469 e. The average molecular weight is 242 g/mol. The Labute approximate surface area is 103 Å². The zero-order valence-corrected chi connectivity index (χ0v) is 10.5. The molecular formula is C13H22O4. The summed E-state index contributed by atoms with van der Waals surface area (Å²) in [7, 11) is 1.46. The quantitative estimate of drug-likeness (QED) is 0.712. The number of ether oxygens (including phenoxy) is 3. The van der Waals surface area contributed by atoms with E-state index in [1.807, 2.05) is 0 Å². The van der Waals surface area contributed by atoms with E-state index in [1.165, 1.54) is 13.5 Å². The molecule has 0 spiro atoms. The lowest BCUT2D eigenvalue weighted by Crippen LogP contribution is -2.32. The molecule has 0 N–H and O–H groups in total. The van der Waals surface area contributed by atoms with Crippen LogP contribution < -0.4 is 0 Å². The van der Waals surface area contributed by atoms with Crippen LogP contribution in [0.4, 0.5) is 0 Å². The van der Waals surface area contributed by atoms with Gasteiger partial charge < -0.3 is 14.2 Å². The number of methoxy groups -OCH3 is 1. The molecule has 4 heteroatoms. The van der Waals surface area contributed by atoms with Crippen LogP contribution in [0.2, 0.25) is 0 Å². The van der Waals surface area contributed by atoms with E-state index in [9.17, 15) is 4.79 Å². The third-order valence-corrected chi connectivity index (χ3v) is 3.69. The summed E-state index contributed by atoms with van der Waals surface area (Å²) < 4.78 is 16.3. The van der Waals surface area contributed by atoms with Gasteiger partial charge in [-0.3, -0.25) is 4.79 Å². The van der Waals surface area contributed by atoms with Gasteiger partial charge >= 0.3 is 5.97 Å². The molecule has 1 aliphatic heterocycles. The first-order chi connectivity index (χ1) is 8.29. The minimum atomic E-state index is -0.0719. The van der Waals surface area contributed by atoms with Crippen molar-refractivity contribution in [2.45, 2.75) is 57.3 Å². The molecule has 0 aromatic heterocycles. The van der Waals surface area contributed by atoms with Gasteiger partial charge in [0.25, 0.3) is 0 Å². The van der Waals surface area contributed by atoms with Gasteiger partial charge in [-0.1, -0.05) is 0 Å². The largest absolute Gasteiger partial charge is 0.469 e. The predicted octanol–water partition coefficient (Wildman–Crippen LogP) is 2.26. The van der Waals surface area contributed by atoms with Crippen LogP contribution in [0.1, 0.15) is 44.9 Å². The van der Waals surface area contributed by atoms with Gasteiger partial charge in [-0.25, -0.2) is 0 Å². The summed E-state index contributed by atoms with van der Waals surface area (Å²) in [5, 5.41) is 0. The van der Waals surface area contributed by atoms with Crippen molar-refractivity contribution in [3.05, 3.63) is 0 Å². The van der Waals surface area contributed by atoms with Crippen LogP contribution in [0, 0.1) is 5.92 Å². The maximum Gasteiger partial charge on any atom is 0.308 e. The number of rotatable bonds is 3. The van der Waals surface area contributed by atoms with Gasteiger partial charge in [0.05, 0.1) is 19.1 Å². The first-order valence-electron chi connectivity index (χ1n) is 6.64. The van der Waals surface area contributed by atoms with Crippen LogP contribution in [-0.4, -0.2) is 32.1 Å². The molecule has 2 fully saturated rings. The molecule has 1 unspecified atom stereocenters. The molecule has 1 saturated carbocycles. The van der Waals surface area contributed by atoms with Crippen LogP contribution in [0.3, 0.4) is 0 Å². The van der Waals surface area contributed by atoms with E-state index in [2.05, 4.69) is 0 Å². The highest BCUT2D eigenvalue weighted by Gasteiger charge is 2.29. The zero-order valence-electron chi connectivity index (χ0n) is 10.5. The van der Waals surface area contributed by atoms with Crippen molar-refractivity contribution in [3.8, 4) is 0 Å². The second-order valence-electron chi connectivity index (χ2n) is 4.93. The van der Waals surface area contributed by atoms with E-state index in [4.69, 9.17) is 14.2 Å². The highest BCUT2D eigenvalue weighted by molar-refractivity contribution is 5.72. The van der Waals surface area contributed by atoms with Crippen LogP contribution in [-0.2, 0) is 19.0 Å². The topological polar surface area (TPSA) is 44.8 Å². The molecule has 98 valence electrons. The van der Waals surface area contributed by atoms with Gasteiger partial charge in [-0.05, 0) is 44.9 Å². The number of carbonyl (C=O) groups excluding carboxylic acids is 1. The molecule has 1 atom stereocenters. The summed E-state index contributed by atoms with van der Waals surface area (Å²) in [6.07, 6.45) is 7.25. The van der Waals surface area contributed by atoms with Crippen molar-refractivity contribution in [3.63, 3.8) is 0 Å². The molecule has 1 saturated heterocycles. The standard InChI is InChI=1S/C13H22O4/c1-15-13(14)10-5-7-11(8-6-10)17-12-4-2-3-9-16-12/h10-12H,2-9H2,1H3. The van der Waals surface area contributed by atoms with E-state index in [1.54, 1.807) is 0 Å². The van der Waals surface area contributed by atoms with Crippen LogP contribution in [0.5, 0.6) is 0 Å². The van der Waals surface area contributed by atoms with Crippen molar-refractivity contribution < 1.29 is 19.0 Å². The van der Waals surface area contributed by atoms with Crippen molar-refractivity contribution >= 4 is 5.97 Å². The number of hydrogen-bond donors (Lipinski definition) is 0. The van der Waals surface area contributed by atoms with Gasteiger partial charge in [-0.15, -0.1) is 0 Å². The fourth-order valence-electron chi connectivity index (χ4n) is 2.63. The molecule has 17 heavy (non-hydrogen) atoms. The van der Waals surface area contributed by atoms with Crippen molar-refractivity contribution in [1.29, 1.82) is 0 Å². The number of hydrogen-bond acceptors (Lipinski definition) is 4. The van der Waals surface area contributed by atoms with E-state index in [-0.39, 0.29) is 24.3 Å². The van der Waals surface area contributed by atoms with Crippen LogP contribution in [0.25, 0.3) is 0 Å². The Morgan fingerprint density at radius 1 is 1.12 bits per heavy atom. The van der Waals surface area contributed by atoms with Crippen molar-refractivity contribution in [1.82, 2.24) is 0 Å². The predicted molar refractivity (Wildman–Crippen MR) is 62.4 cm³/mol. The first-order valence-corrected chi connectivity index (χ1v) is 6.64. The molecule has 0 radical (unpaired) electrons. The SMILES string of the molecule is COC(=O)C1CCC(OC2CCCCO2)CC1. The summed E-state index contributed by atoms with van der Waals surface area (Å²) >= 11 is 0. The summed E-state index contributed by atoms with van der Waals surface area (Å²) in [6.45, 7) is 0.822. The molecule has 0 aromatic carbocycles. The maximum atomic E-state index is 11.4. The summed E-state index contributed by atoms with van der Waals surface area (Å²) in [5.41, 5.74) is 0. The van der Waals surface area contributed by atoms with E-state index < -0.39 is 0 Å². The lowest BCUT2D eigenvalue weighted by molar-refractivity contribution is -0.195. The highest BCUT2D eigenvalue weighted by Crippen LogP contribution is 2.29. The fraction of sp³-hybridized carbons (Fsp3) is 0.923. The molecule has 2 rings (SSSR count). The molecule has 1 heterocycles. The highest BCUT2D eigenvalue weighted by atomic mass is 16.7. The number of esters is 1. The van der Waals surface area contributed by atoms with E-state index >= 15 is 0 Å². The monoisotopic (exact) mass is 242 g/mol. The first kappa shape index (κ1) is 12.8. The van der Waals surface area contributed by atoms with Gasteiger partial charge in [0.15, 0.2) is 6.29 Å². The third kappa shape index (κ3) is 3.68. The smallest absolute Gasteiger partial charge is 0.308 e. The Kier molecular flexibility index (Phi) is 4.80. The molecule has 0 aromatic rings. The molecular weight excluding hydrogens is 220 g/mol. The summed E-state index contributed by atoms with van der Waals surface area (Å²) in [6, 6.07) is 0. The summed E-state index contributed by atoms with van der Waals surface area (Å²) in [4.78, 5) is 11.4.